The van der Waals surface area contributed by atoms with Gasteiger partial charge in [0, 0.05) is 4.90 Å². The van der Waals surface area contributed by atoms with Crippen LogP contribution in [-0.2, 0) is 15.1 Å². The highest BCUT2D eigenvalue weighted by atomic mass is 32.2. The standard InChI is InChI=1S/C20H21N3O4S/c1-13-6-4-5-7-16(13)28-12-17(24)22-23-18(25)20(2,21-19(23)26)14-8-10-15(27-3)11-9-14/h4-11H,12H2,1-3H3,(H,21,26)(H,22,24)/t20-/m0/s1. The lowest BCUT2D eigenvalue weighted by Gasteiger charge is -2.22. The predicted octanol–water partition coefficient (Wildman–Crippen LogP) is 2.59. The zero-order chi connectivity index (χ0) is 20.3. The van der Waals surface area contributed by atoms with Gasteiger partial charge in [0.15, 0.2) is 0 Å². The molecule has 0 spiro atoms. The van der Waals surface area contributed by atoms with Crippen molar-refractivity contribution < 1.29 is 19.1 Å². The van der Waals surface area contributed by atoms with Crippen molar-refractivity contribution in [2.75, 3.05) is 12.9 Å². The van der Waals surface area contributed by atoms with Crippen molar-refractivity contribution in [3.8, 4) is 5.75 Å². The number of nitrogens with one attached hydrogen (secondary N) is 2. The molecule has 0 saturated carbocycles. The summed E-state index contributed by atoms with van der Waals surface area (Å²) >= 11 is 1.35. The van der Waals surface area contributed by atoms with E-state index in [9.17, 15) is 14.4 Å². The molecule has 0 bridgehead atoms. The first kappa shape index (κ1) is 19.8. The van der Waals surface area contributed by atoms with E-state index in [1.807, 2.05) is 31.2 Å². The van der Waals surface area contributed by atoms with Crippen LogP contribution in [0.1, 0.15) is 18.1 Å². The molecule has 1 aliphatic heterocycles. The molecule has 0 aromatic heterocycles. The Bertz CT molecular complexity index is 916. The Balaban J connectivity index is 1.67. The molecular weight excluding hydrogens is 378 g/mol. The topological polar surface area (TPSA) is 87.7 Å². The summed E-state index contributed by atoms with van der Waals surface area (Å²) in [7, 11) is 1.55. The number of nitrogens with zero attached hydrogens (tertiary/aromatic N) is 1. The van der Waals surface area contributed by atoms with Crippen molar-refractivity contribution in [2.45, 2.75) is 24.3 Å². The van der Waals surface area contributed by atoms with E-state index in [-0.39, 0.29) is 5.75 Å². The van der Waals surface area contributed by atoms with Gasteiger partial charge < -0.3 is 10.1 Å². The first-order valence-electron chi connectivity index (χ1n) is 8.64. The van der Waals surface area contributed by atoms with Crippen LogP contribution in [0.5, 0.6) is 5.75 Å². The largest absolute Gasteiger partial charge is 0.497 e. The Labute approximate surface area is 167 Å². The van der Waals surface area contributed by atoms with E-state index < -0.39 is 23.4 Å². The molecule has 0 unspecified atom stereocenters. The summed E-state index contributed by atoms with van der Waals surface area (Å²) in [5.74, 6) is -0.253. The van der Waals surface area contributed by atoms with Gasteiger partial charge in [0.25, 0.3) is 5.91 Å². The molecule has 1 fully saturated rings. The molecule has 146 valence electrons. The predicted molar refractivity (Wildman–Crippen MR) is 106 cm³/mol. The van der Waals surface area contributed by atoms with E-state index in [1.54, 1.807) is 38.3 Å². The van der Waals surface area contributed by atoms with Crippen molar-refractivity contribution in [2.24, 2.45) is 0 Å². The highest BCUT2D eigenvalue weighted by Crippen LogP contribution is 2.29. The molecule has 1 saturated heterocycles. The highest BCUT2D eigenvalue weighted by molar-refractivity contribution is 8.00. The number of urea groups is 1. The zero-order valence-corrected chi connectivity index (χ0v) is 16.6. The number of methoxy groups -OCH3 is 1. The van der Waals surface area contributed by atoms with Crippen molar-refractivity contribution in [3.63, 3.8) is 0 Å². The number of carbonyl (C=O) groups excluding carboxylic acids is 3. The summed E-state index contributed by atoms with van der Waals surface area (Å²) in [6.45, 7) is 3.56. The fraction of sp³-hybridized carbons (Fsp3) is 0.250. The summed E-state index contributed by atoms with van der Waals surface area (Å²) in [5.41, 5.74) is 2.79. The highest BCUT2D eigenvalue weighted by Gasteiger charge is 2.50. The summed E-state index contributed by atoms with van der Waals surface area (Å²) < 4.78 is 5.12. The Morgan fingerprint density at radius 1 is 1.18 bits per heavy atom. The molecule has 3 rings (SSSR count). The lowest BCUT2D eigenvalue weighted by Crippen LogP contribution is -2.48. The Morgan fingerprint density at radius 3 is 2.50 bits per heavy atom. The number of amides is 4. The van der Waals surface area contributed by atoms with Crippen LogP contribution >= 0.6 is 11.8 Å². The molecule has 0 radical (unpaired) electrons. The Kier molecular flexibility index (Phi) is 5.60. The minimum atomic E-state index is -1.26. The number of hydrazine groups is 1. The van der Waals surface area contributed by atoms with Gasteiger partial charge in [-0.2, -0.15) is 5.01 Å². The molecule has 4 amide bonds. The normalized spacial score (nSPS) is 18.8. The molecular formula is C20H21N3O4S. The second-order valence-electron chi connectivity index (χ2n) is 6.51. The lowest BCUT2D eigenvalue weighted by atomic mass is 9.92. The number of hydrogen-bond acceptors (Lipinski definition) is 5. The minimum Gasteiger partial charge on any atom is -0.497 e. The zero-order valence-electron chi connectivity index (χ0n) is 15.8. The molecule has 2 aromatic carbocycles. The van der Waals surface area contributed by atoms with E-state index in [4.69, 9.17) is 4.74 Å². The monoisotopic (exact) mass is 399 g/mol. The third-order valence-corrected chi connectivity index (χ3v) is 5.72. The fourth-order valence-corrected chi connectivity index (χ4v) is 3.70. The summed E-state index contributed by atoms with van der Waals surface area (Å²) in [5, 5.41) is 3.39. The molecule has 2 N–H and O–H groups in total. The number of ether oxygens (including phenoxy) is 1. The van der Waals surface area contributed by atoms with E-state index in [1.165, 1.54) is 11.8 Å². The van der Waals surface area contributed by atoms with Gasteiger partial charge in [-0.3, -0.25) is 15.0 Å². The lowest BCUT2D eigenvalue weighted by molar-refractivity contribution is -0.138. The Hall–Kier alpha value is -3.00. The molecule has 8 heteroatoms. The van der Waals surface area contributed by atoms with Crippen molar-refractivity contribution in [1.82, 2.24) is 15.8 Å². The van der Waals surface area contributed by atoms with Gasteiger partial charge in [0.1, 0.15) is 11.3 Å². The quantitative estimate of drug-likeness (QED) is 0.576. The van der Waals surface area contributed by atoms with Gasteiger partial charge in [0.2, 0.25) is 5.91 Å². The van der Waals surface area contributed by atoms with E-state index >= 15 is 0 Å². The minimum absolute atomic E-state index is 0.0845. The third kappa shape index (κ3) is 3.82. The van der Waals surface area contributed by atoms with Gasteiger partial charge in [-0.1, -0.05) is 30.3 Å². The molecule has 2 aromatic rings. The Morgan fingerprint density at radius 2 is 1.86 bits per heavy atom. The molecule has 0 aliphatic carbocycles. The van der Waals surface area contributed by atoms with Gasteiger partial charge in [0.05, 0.1) is 12.9 Å². The van der Waals surface area contributed by atoms with Crippen LogP contribution < -0.4 is 15.5 Å². The average molecular weight is 399 g/mol. The maximum atomic E-state index is 12.8. The van der Waals surface area contributed by atoms with E-state index in [0.29, 0.717) is 11.3 Å². The number of hydrogen-bond donors (Lipinski definition) is 2. The van der Waals surface area contributed by atoms with Crippen LogP contribution in [0.2, 0.25) is 0 Å². The van der Waals surface area contributed by atoms with Gasteiger partial charge >= 0.3 is 6.03 Å². The van der Waals surface area contributed by atoms with Crippen LogP contribution in [0.4, 0.5) is 4.79 Å². The first-order valence-corrected chi connectivity index (χ1v) is 9.63. The van der Waals surface area contributed by atoms with Gasteiger partial charge in [-0.25, -0.2) is 4.79 Å². The second kappa shape index (κ2) is 7.93. The number of benzene rings is 2. The summed E-state index contributed by atoms with van der Waals surface area (Å²) in [6, 6.07) is 13.8. The number of rotatable bonds is 6. The third-order valence-electron chi connectivity index (χ3n) is 4.55. The molecule has 1 atom stereocenters. The van der Waals surface area contributed by atoms with Crippen molar-refractivity contribution >= 4 is 29.6 Å². The summed E-state index contributed by atoms with van der Waals surface area (Å²) in [6.07, 6.45) is 0. The number of imide groups is 1. The maximum absolute atomic E-state index is 12.8. The van der Waals surface area contributed by atoms with Crippen LogP contribution in [0, 0.1) is 6.92 Å². The van der Waals surface area contributed by atoms with Gasteiger partial charge in [-0.05, 0) is 43.2 Å². The fourth-order valence-electron chi connectivity index (χ4n) is 2.88. The molecule has 1 heterocycles. The maximum Gasteiger partial charge on any atom is 0.344 e. The van der Waals surface area contributed by atoms with Gasteiger partial charge in [-0.15, -0.1) is 11.8 Å². The number of carbonyl (C=O) groups is 3. The molecule has 7 nitrogen and oxygen atoms in total. The van der Waals surface area contributed by atoms with E-state index in [0.717, 1.165) is 15.5 Å². The number of thioether (sulfide) groups is 1. The summed E-state index contributed by atoms with van der Waals surface area (Å²) in [4.78, 5) is 38.4. The molecule has 28 heavy (non-hydrogen) atoms. The van der Waals surface area contributed by atoms with Crippen LogP contribution in [0.25, 0.3) is 0 Å². The number of aryl methyl sites for hydroxylation is 1. The van der Waals surface area contributed by atoms with Crippen LogP contribution in [-0.4, -0.2) is 35.7 Å². The molecule has 1 aliphatic rings. The van der Waals surface area contributed by atoms with E-state index in [2.05, 4.69) is 10.7 Å². The first-order chi connectivity index (χ1) is 13.3. The smallest absolute Gasteiger partial charge is 0.344 e. The SMILES string of the molecule is COc1ccc([C@]2(C)NC(=O)N(NC(=O)CSc3ccccc3C)C2=O)cc1. The second-order valence-corrected chi connectivity index (χ2v) is 7.53. The van der Waals surface area contributed by atoms with Crippen molar-refractivity contribution in [3.05, 3.63) is 59.7 Å². The van der Waals surface area contributed by atoms with Crippen molar-refractivity contribution in [1.29, 1.82) is 0 Å². The van der Waals surface area contributed by atoms with Crippen LogP contribution in [0.15, 0.2) is 53.4 Å². The average Bonchev–Trinajstić information content (AvgIpc) is 2.91. The van der Waals surface area contributed by atoms with Crippen LogP contribution in [0.3, 0.4) is 0 Å².